The summed E-state index contributed by atoms with van der Waals surface area (Å²) in [5.41, 5.74) is 0. The van der Waals surface area contributed by atoms with Gasteiger partial charge in [0.2, 0.25) is 0 Å². The topological polar surface area (TPSA) is 24.7 Å². The normalized spacial score (nSPS) is 49.2. The van der Waals surface area contributed by atoms with E-state index in [0.717, 1.165) is 6.42 Å². The Morgan fingerprint density at radius 3 is 2.50 bits per heavy atom. The summed E-state index contributed by atoms with van der Waals surface area (Å²) >= 11 is 0. The third kappa shape index (κ3) is 1.50. The lowest BCUT2D eigenvalue weighted by atomic mass is 9.93. The zero-order valence-electron chi connectivity index (χ0n) is 7.09. The van der Waals surface area contributed by atoms with Crippen LogP contribution in [0.5, 0.6) is 0 Å². The molecule has 1 aliphatic rings. The molecule has 0 radical (unpaired) electrons. The first-order chi connectivity index (χ1) is 4.61. The maximum atomic E-state index is 9.50. The number of hydrogen-bond acceptors (Lipinski definition) is 1. The summed E-state index contributed by atoms with van der Waals surface area (Å²) in [5.74, 6) is 0.686. The lowest BCUT2D eigenvalue weighted by molar-refractivity contribution is -0.917. The van der Waals surface area contributed by atoms with Crippen LogP contribution in [0.15, 0.2) is 0 Å². The fraction of sp³-hybridized carbons (Fsp3) is 1.00. The molecule has 1 fully saturated rings. The first kappa shape index (κ1) is 8.02. The monoisotopic (exact) mass is 144 g/mol. The van der Waals surface area contributed by atoms with Gasteiger partial charge in [-0.3, -0.25) is 0 Å². The van der Waals surface area contributed by atoms with Gasteiger partial charge >= 0.3 is 0 Å². The lowest BCUT2D eigenvalue weighted by Gasteiger charge is -2.34. The minimum Gasteiger partial charge on any atom is -0.387 e. The van der Waals surface area contributed by atoms with Crippen LogP contribution in [0.4, 0.5) is 0 Å². The van der Waals surface area contributed by atoms with E-state index in [1.165, 1.54) is 11.4 Å². The third-order valence-electron chi connectivity index (χ3n) is 2.67. The van der Waals surface area contributed by atoms with E-state index in [9.17, 15) is 5.11 Å². The Kier molecular flexibility index (Phi) is 2.32. The minimum atomic E-state index is -0.0799. The van der Waals surface area contributed by atoms with Gasteiger partial charge in [0.25, 0.3) is 0 Å². The molecule has 0 aromatic heterocycles. The zero-order valence-corrected chi connectivity index (χ0v) is 7.09. The molecule has 1 rings (SSSR count). The molecule has 4 atom stereocenters. The zero-order chi connectivity index (χ0) is 7.72. The first-order valence-corrected chi connectivity index (χ1v) is 4.11. The predicted molar refractivity (Wildman–Crippen MR) is 41.0 cm³/mol. The van der Waals surface area contributed by atoms with Crippen molar-refractivity contribution >= 4 is 0 Å². The second-order valence-electron chi connectivity index (χ2n) is 3.75. The van der Waals surface area contributed by atoms with Gasteiger partial charge in [-0.05, 0) is 13.3 Å². The van der Waals surface area contributed by atoms with Crippen LogP contribution in [0.25, 0.3) is 0 Å². The molecule has 2 heteroatoms. The summed E-state index contributed by atoms with van der Waals surface area (Å²) in [6.07, 6.45) is 0.905. The predicted octanol–water partition coefficient (Wildman–Crippen LogP) is -0.710. The number of aliphatic hydroxyl groups is 1. The second-order valence-corrected chi connectivity index (χ2v) is 3.75. The summed E-state index contributed by atoms with van der Waals surface area (Å²) in [5, 5.41) is 9.50. The molecule has 1 heterocycles. The van der Waals surface area contributed by atoms with Gasteiger partial charge in [0.05, 0.1) is 13.6 Å². The van der Waals surface area contributed by atoms with Crippen LogP contribution < -0.4 is 4.90 Å². The van der Waals surface area contributed by atoms with Gasteiger partial charge < -0.3 is 10.0 Å². The Bertz CT molecular complexity index is 104. The van der Waals surface area contributed by atoms with Crippen LogP contribution in [0, 0.1) is 5.92 Å². The van der Waals surface area contributed by atoms with Gasteiger partial charge in [-0.15, -0.1) is 0 Å². The lowest BCUT2D eigenvalue weighted by Crippen LogP contribution is -3.15. The first-order valence-electron chi connectivity index (χ1n) is 4.11. The Morgan fingerprint density at radius 1 is 1.40 bits per heavy atom. The van der Waals surface area contributed by atoms with Crippen molar-refractivity contribution < 1.29 is 10.0 Å². The Balaban J connectivity index is 2.49. The molecule has 0 aromatic carbocycles. The van der Waals surface area contributed by atoms with E-state index < -0.39 is 0 Å². The van der Waals surface area contributed by atoms with Crippen LogP contribution >= 0.6 is 0 Å². The van der Waals surface area contributed by atoms with Crippen molar-refractivity contribution in [1.82, 2.24) is 0 Å². The molecule has 1 aliphatic heterocycles. The Hall–Kier alpha value is -0.0800. The molecule has 0 spiro atoms. The third-order valence-corrected chi connectivity index (χ3v) is 2.67. The molecule has 0 amide bonds. The summed E-state index contributed by atoms with van der Waals surface area (Å²) in [6, 6.07) is 0.427. The largest absolute Gasteiger partial charge is 0.387 e. The minimum absolute atomic E-state index is 0.0799. The van der Waals surface area contributed by atoms with E-state index in [4.69, 9.17) is 0 Å². The molecule has 2 N–H and O–H groups in total. The van der Waals surface area contributed by atoms with E-state index in [2.05, 4.69) is 20.9 Å². The molecule has 0 bridgehead atoms. The fourth-order valence-electron chi connectivity index (χ4n) is 1.76. The average Bonchev–Trinajstić information content (AvgIpc) is 1.82. The second kappa shape index (κ2) is 2.89. The van der Waals surface area contributed by atoms with E-state index in [-0.39, 0.29) is 6.10 Å². The smallest absolute Gasteiger partial charge is 0.111 e. The standard InChI is InChI=1S/C8H17NO/c1-6-4-8(10)7(2)9(3)5-6/h6-8,10H,4-5H2,1-3H3/p+1/t6-,7-,8-/m0/s1. The maximum Gasteiger partial charge on any atom is 0.111 e. The molecule has 2 nitrogen and oxygen atoms in total. The molecule has 0 aliphatic carbocycles. The van der Waals surface area contributed by atoms with Crippen molar-refractivity contribution in [2.45, 2.75) is 32.4 Å². The van der Waals surface area contributed by atoms with Crippen molar-refractivity contribution in [3.63, 3.8) is 0 Å². The highest BCUT2D eigenvalue weighted by Gasteiger charge is 2.30. The number of likely N-dealkylation sites (tertiary alicyclic amines) is 1. The van der Waals surface area contributed by atoms with Gasteiger partial charge in [-0.1, -0.05) is 6.92 Å². The number of hydrogen-bond donors (Lipinski definition) is 2. The van der Waals surface area contributed by atoms with Crippen molar-refractivity contribution in [2.24, 2.45) is 5.92 Å². The molecule has 1 unspecified atom stereocenters. The number of aliphatic hydroxyl groups excluding tert-OH is 1. The summed E-state index contributed by atoms with van der Waals surface area (Å²) in [7, 11) is 2.16. The average molecular weight is 144 g/mol. The van der Waals surface area contributed by atoms with E-state index >= 15 is 0 Å². The molecule has 10 heavy (non-hydrogen) atoms. The van der Waals surface area contributed by atoms with E-state index in [0.29, 0.717) is 12.0 Å². The van der Waals surface area contributed by atoms with Crippen molar-refractivity contribution in [1.29, 1.82) is 0 Å². The van der Waals surface area contributed by atoms with Gasteiger partial charge in [0, 0.05) is 5.92 Å². The van der Waals surface area contributed by atoms with Gasteiger partial charge in [-0.2, -0.15) is 0 Å². The van der Waals surface area contributed by atoms with Crippen molar-refractivity contribution in [3.8, 4) is 0 Å². The van der Waals surface area contributed by atoms with Crippen LogP contribution in [0.3, 0.4) is 0 Å². The Labute approximate surface area is 62.8 Å². The summed E-state index contributed by atoms with van der Waals surface area (Å²) in [4.78, 5) is 1.46. The van der Waals surface area contributed by atoms with Crippen molar-refractivity contribution in [3.05, 3.63) is 0 Å². The van der Waals surface area contributed by atoms with Gasteiger partial charge in [0.1, 0.15) is 12.1 Å². The highest BCUT2D eigenvalue weighted by Crippen LogP contribution is 2.09. The van der Waals surface area contributed by atoms with Crippen molar-refractivity contribution in [2.75, 3.05) is 13.6 Å². The van der Waals surface area contributed by atoms with Crippen LogP contribution in [0.1, 0.15) is 20.3 Å². The molecule has 0 saturated carbocycles. The number of quaternary nitrogens is 1. The van der Waals surface area contributed by atoms with Crippen LogP contribution in [-0.4, -0.2) is 30.8 Å². The fourth-order valence-corrected chi connectivity index (χ4v) is 1.76. The quantitative estimate of drug-likeness (QED) is 0.461. The summed E-state index contributed by atoms with van der Waals surface area (Å²) in [6.45, 7) is 5.53. The Morgan fingerprint density at radius 2 is 2.00 bits per heavy atom. The number of likely N-dealkylation sites (N-methyl/N-ethyl adjacent to an activating group) is 1. The maximum absolute atomic E-state index is 9.50. The number of rotatable bonds is 0. The van der Waals surface area contributed by atoms with Gasteiger partial charge in [-0.25, -0.2) is 0 Å². The molecular formula is C8H18NO+. The van der Waals surface area contributed by atoms with E-state index in [1.807, 2.05) is 0 Å². The highest BCUT2D eigenvalue weighted by atomic mass is 16.3. The molecular weight excluding hydrogens is 126 g/mol. The molecule has 60 valence electrons. The number of nitrogens with one attached hydrogen (secondary N) is 1. The highest BCUT2D eigenvalue weighted by molar-refractivity contribution is 4.70. The number of piperidine rings is 1. The molecule has 1 saturated heterocycles. The van der Waals surface area contributed by atoms with Crippen LogP contribution in [0.2, 0.25) is 0 Å². The van der Waals surface area contributed by atoms with Crippen LogP contribution in [-0.2, 0) is 0 Å². The molecule has 0 aromatic rings. The van der Waals surface area contributed by atoms with Gasteiger partial charge in [0.15, 0.2) is 0 Å². The SMILES string of the molecule is C[C@H]1C[C@H](O)[C@H](C)[NH+](C)C1. The summed E-state index contributed by atoms with van der Waals surface area (Å²) < 4.78 is 0. The van der Waals surface area contributed by atoms with E-state index in [1.54, 1.807) is 0 Å².